The Morgan fingerprint density at radius 1 is 1.05 bits per heavy atom. The van der Waals surface area contributed by atoms with Gasteiger partial charge in [-0.1, -0.05) is 44.2 Å². The summed E-state index contributed by atoms with van der Waals surface area (Å²) < 4.78 is 12.9. The molecule has 2 rings (SSSR count). The van der Waals surface area contributed by atoms with E-state index in [9.17, 15) is 4.39 Å². The maximum Gasteiger partial charge on any atom is 0.123 e. The van der Waals surface area contributed by atoms with E-state index in [-0.39, 0.29) is 5.82 Å². The summed E-state index contributed by atoms with van der Waals surface area (Å²) in [7, 11) is 0. The third-order valence-electron chi connectivity index (χ3n) is 2.87. The zero-order chi connectivity index (χ0) is 14.4. The van der Waals surface area contributed by atoms with E-state index in [2.05, 4.69) is 24.4 Å². The second-order valence-electron chi connectivity index (χ2n) is 5.14. The molecule has 0 heterocycles. The lowest BCUT2D eigenvalue weighted by atomic mass is 10.0. The summed E-state index contributed by atoms with van der Waals surface area (Å²) in [4.78, 5) is 0. The molecule has 0 amide bonds. The van der Waals surface area contributed by atoms with Crippen molar-refractivity contribution in [2.75, 3.05) is 5.43 Å². The summed E-state index contributed by atoms with van der Waals surface area (Å²) in [6.07, 6.45) is 0.887. The minimum atomic E-state index is -0.245. The maximum atomic E-state index is 12.9. The fraction of sp³-hybridized carbons (Fsp3) is 0.235. The fourth-order valence-electron chi connectivity index (χ4n) is 1.90. The quantitative estimate of drug-likeness (QED) is 0.618. The van der Waals surface area contributed by atoms with Crippen LogP contribution in [0, 0.1) is 11.7 Å². The summed E-state index contributed by atoms with van der Waals surface area (Å²) in [5.41, 5.74) is 5.89. The average molecular weight is 270 g/mol. The third kappa shape index (κ3) is 4.19. The summed E-state index contributed by atoms with van der Waals surface area (Å²) in [5.74, 6) is 0.272. The summed E-state index contributed by atoms with van der Waals surface area (Å²) in [6.45, 7) is 4.33. The van der Waals surface area contributed by atoms with Gasteiger partial charge in [0, 0.05) is 0 Å². The first-order valence-electron chi connectivity index (χ1n) is 6.78. The molecule has 2 aromatic carbocycles. The van der Waals surface area contributed by atoms with Gasteiger partial charge in [0.05, 0.1) is 11.4 Å². The Balaban J connectivity index is 2.18. The molecule has 0 unspecified atom stereocenters. The first kappa shape index (κ1) is 14.3. The van der Waals surface area contributed by atoms with Gasteiger partial charge in [0.25, 0.3) is 0 Å². The monoisotopic (exact) mass is 270 g/mol. The normalized spacial score (nSPS) is 11.7. The molecule has 3 heteroatoms. The highest BCUT2D eigenvalue weighted by molar-refractivity contribution is 6.01. The van der Waals surface area contributed by atoms with Crippen LogP contribution in [0.2, 0.25) is 0 Å². The molecule has 104 valence electrons. The highest BCUT2D eigenvalue weighted by Crippen LogP contribution is 2.13. The summed E-state index contributed by atoms with van der Waals surface area (Å²) >= 11 is 0. The highest BCUT2D eigenvalue weighted by atomic mass is 19.1. The van der Waals surface area contributed by atoms with Crippen molar-refractivity contribution in [3.8, 4) is 0 Å². The molecule has 1 N–H and O–H groups in total. The standard InChI is InChI=1S/C17H19FN2/c1-13(2)12-17(14-6-4-3-5-7-14)20-19-16-10-8-15(18)9-11-16/h3-11,13,19H,12H2,1-2H3/b20-17-. The molecule has 0 spiro atoms. The van der Waals surface area contributed by atoms with Crippen LogP contribution >= 0.6 is 0 Å². The molecule has 0 aliphatic carbocycles. The van der Waals surface area contributed by atoms with Gasteiger partial charge in [-0.25, -0.2) is 4.39 Å². The number of hydrogen-bond donors (Lipinski definition) is 1. The lowest BCUT2D eigenvalue weighted by Crippen LogP contribution is -2.08. The van der Waals surface area contributed by atoms with E-state index >= 15 is 0 Å². The Morgan fingerprint density at radius 2 is 1.70 bits per heavy atom. The molecule has 0 atom stereocenters. The van der Waals surface area contributed by atoms with Crippen molar-refractivity contribution in [2.45, 2.75) is 20.3 Å². The molecule has 2 aromatic rings. The van der Waals surface area contributed by atoms with E-state index in [0.717, 1.165) is 23.4 Å². The Kier molecular flexibility index (Phi) is 4.88. The number of halogens is 1. The zero-order valence-corrected chi connectivity index (χ0v) is 11.8. The number of nitrogens with zero attached hydrogens (tertiary/aromatic N) is 1. The minimum absolute atomic E-state index is 0.245. The van der Waals surface area contributed by atoms with Crippen molar-refractivity contribution in [1.29, 1.82) is 0 Å². The van der Waals surface area contributed by atoms with Crippen LogP contribution in [0.25, 0.3) is 0 Å². The first-order chi connectivity index (χ1) is 9.65. The van der Waals surface area contributed by atoms with E-state index in [1.165, 1.54) is 12.1 Å². The first-order valence-corrected chi connectivity index (χ1v) is 6.78. The van der Waals surface area contributed by atoms with Gasteiger partial charge in [-0.05, 0) is 42.2 Å². The van der Waals surface area contributed by atoms with Crippen LogP contribution in [0.15, 0.2) is 59.7 Å². The highest BCUT2D eigenvalue weighted by Gasteiger charge is 2.06. The van der Waals surface area contributed by atoms with Crippen LogP contribution in [-0.4, -0.2) is 5.71 Å². The Labute approximate surface area is 119 Å². The van der Waals surface area contributed by atoms with Gasteiger partial charge in [-0.3, -0.25) is 5.43 Å². The second kappa shape index (κ2) is 6.85. The lowest BCUT2D eigenvalue weighted by molar-refractivity contribution is 0.628. The van der Waals surface area contributed by atoms with Crippen molar-refractivity contribution < 1.29 is 4.39 Å². The van der Waals surface area contributed by atoms with Crippen molar-refractivity contribution in [2.24, 2.45) is 11.0 Å². The van der Waals surface area contributed by atoms with Crippen LogP contribution in [0.4, 0.5) is 10.1 Å². The number of benzene rings is 2. The van der Waals surface area contributed by atoms with Gasteiger partial charge < -0.3 is 0 Å². The largest absolute Gasteiger partial charge is 0.278 e. The molecular formula is C17H19FN2. The van der Waals surface area contributed by atoms with Crippen LogP contribution < -0.4 is 5.43 Å². The molecule has 20 heavy (non-hydrogen) atoms. The molecule has 2 nitrogen and oxygen atoms in total. The number of hydrogen-bond acceptors (Lipinski definition) is 2. The molecule has 0 bridgehead atoms. The van der Waals surface area contributed by atoms with Crippen molar-refractivity contribution >= 4 is 11.4 Å². The Morgan fingerprint density at radius 3 is 2.30 bits per heavy atom. The van der Waals surface area contributed by atoms with Gasteiger partial charge >= 0.3 is 0 Å². The predicted molar refractivity (Wildman–Crippen MR) is 82.5 cm³/mol. The SMILES string of the molecule is CC(C)C/C(=N/Nc1ccc(F)cc1)c1ccccc1. The Bertz CT molecular complexity index is 559. The predicted octanol–water partition coefficient (Wildman–Crippen LogP) is 4.69. The zero-order valence-electron chi connectivity index (χ0n) is 11.8. The smallest absolute Gasteiger partial charge is 0.123 e. The minimum Gasteiger partial charge on any atom is -0.278 e. The van der Waals surface area contributed by atoms with Crippen LogP contribution in [0.5, 0.6) is 0 Å². The van der Waals surface area contributed by atoms with Gasteiger partial charge in [0.1, 0.15) is 5.82 Å². The van der Waals surface area contributed by atoms with Crippen LogP contribution in [0.1, 0.15) is 25.8 Å². The van der Waals surface area contributed by atoms with E-state index in [4.69, 9.17) is 0 Å². The second-order valence-corrected chi connectivity index (χ2v) is 5.14. The van der Waals surface area contributed by atoms with Crippen molar-refractivity contribution in [3.63, 3.8) is 0 Å². The van der Waals surface area contributed by atoms with E-state index in [1.54, 1.807) is 12.1 Å². The van der Waals surface area contributed by atoms with E-state index < -0.39 is 0 Å². The Hall–Kier alpha value is -2.16. The summed E-state index contributed by atoms with van der Waals surface area (Å²) in [6, 6.07) is 16.3. The van der Waals surface area contributed by atoms with E-state index in [1.807, 2.05) is 30.3 Å². The molecule has 0 aromatic heterocycles. The van der Waals surface area contributed by atoms with Gasteiger partial charge in [0.15, 0.2) is 0 Å². The van der Waals surface area contributed by atoms with Crippen molar-refractivity contribution in [1.82, 2.24) is 0 Å². The van der Waals surface area contributed by atoms with Crippen LogP contribution in [0.3, 0.4) is 0 Å². The molecule has 0 fully saturated rings. The molecule has 0 aliphatic heterocycles. The number of rotatable bonds is 5. The summed E-state index contributed by atoms with van der Waals surface area (Å²) in [5, 5.41) is 4.48. The third-order valence-corrected chi connectivity index (χ3v) is 2.87. The average Bonchev–Trinajstić information content (AvgIpc) is 2.46. The molecule has 0 aliphatic rings. The number of anilines is 1. The number of hydrazone groups is 1. The molecule has 0 saturated carbocycles. The van der Waals surface area contributed by atoms with E-state index in [0.29, 0.717) is 5.92 Å². The fourth-order valence-corrected chi connectivity index (χ4v) is 1.90. The van der Waals surface area contributed by atoms with Gasteiger partial charge in [-0.15, -0.1) is 0 Å². The van der Waals surface area contributed by atoms with Gasteiger partial charge in [-0.2, -0.15) is 5.10 Å². The number of nitrogens with one attached hydrogen (secondary N) is 1. The van der Waals surface area contributed by atoms with Crippen molar-refractivity contribution in [3.05, 3.63) is 66.0 Å². The molecule has 0 saturated heterocycles. The maximum absolute atomic E-state index is 12.9. The molecule has 0 radical (unpaired) electrons. The van der Waals surface area contributed by atoms with Crippen LogP contribution in [-0.2, 0) is 0 Å². The molecular weight excluding hydrogens is 251 g/mol. The topological polar surface area (TPSA) is 24.4 Å². The lowest BCUT2D eigenvalue weighted by Gasteiger charge is -2.10. The van der Waals surface area contributed by atoms with Gasteiger partial charge in [0.2, 0.25) is 0 Å².